The normalized spacial score (nSPS) is 14.2. The van der Waals surface area contributed by atoms with E-state index in [-0.39, 0.29) is 24.5 Å². The molecule has 0 aliphatic heterocycles. The lowest BCUT2D eigenvalue weighted by molar-refractivity contribution is -0.143. The Morgan fingerprint density at radius 1 is 0.969 bits per heavy atom. The Balaban J connectivity index is 1.48. The zero-order valence-corrected chi connectivity index (χ0v) is 17.3. The van der Waals surface area contributed by atoms with Gasteiger partial charge in [-0.25, -0.2) is 18.4 Å². The van der Waals surface area contributed by atoms with Gasteiger partial charge in [-0.15, -0.1) is 0 Å². The van der Waals surface area contributed by atoms with Crippen LogP contribution in [0.5, 0.6) is 0 Å². The van der Waals surface area contributed by atoms with Crippen molar-refractivity contribution in [1.29, 1.82) is 0 Å². The van der Waals surface area contributed by atoms with Crippen molar-refractivity contribution in [2.75, 3.05) is 6.61 Å². The molecule has 1 aliphatic carbocycles. The van der Waals surface area contributed by atoms with Gasteiger partial charge in [-0.3, -0.25) is 0 Å². The average molecular weight is 437 g/mol. The van der Waals surface area contributed by atoms with Crippen molar-refractivity contribution in [3.63, 3.8) is 0 Å². The van der Waals surface area contributed by atoms with Gasteiger partial charge >= 0.3 is 12.1 Å². The smallest absolute Gasteiger partial charge is 0.408 e. The Bertz CT molecular complexity index is 1130. The highest BCUT2D eigenvalue weighted by Crippen LogP contribution is 2.44. The summed E-state index contributed by atoms with van der Waals surface area (Å²) < 4.78 is 32.4. The minimum absolute atomic E-state index is 0.0180. The van der Waals surface area contributed by atoms with Gasteiger partial charge in [0.15, 0.2) is 0 Å². The number of rotatable bonds is 6. The molecule has 7 heteroatoms. The highest BCUT2D eigenvalue weighted by Gasteiger charge is 2.37. The van der Waals surface area contributed by atoms with E-state index in [2.05, 4.69) is 5.32 Å². The van der Waals surface area contributed by atoms with Crippen molar-refractivity contribution < 1.29 is 28.2 Å². The monoisotopic (exact) mass is 437 g/mol. The summed E-state index contributed by atoms with van der Waals surface area (Å²) in [5.74, 6) is -3.18. The number of nitrogens with one attached hydrogen (secondary N) is 1. The number of ether oxygens (including phenoxy) is 1. The highest BCUT2D eigenvalue weighted by atomic mass is 19.1. The van der Waals surface area contributed by atoms with Gasteiger partial charge in [-0.1, -0.05) is 48.5 Å². The summed E-state index contributed by atoms with van der Waals surface area (Å²) in [7, 11) is 0. The number of alkyl carbamates (subject to hydrolysis) is 1. The molecular weight excluding hydrogens is 416 g/mol. The lowest BCUT2D eigenvalue weighted by Gasteiger charge is -2.26. The van der Waals surface area contributed by atoms with Gasteiger partial charge in [0.2, 0.25) is 0 Å². The second-order valence-corrected chi connectivity index (χ2v) is 8.04. The van der Waals surface area contributed by atoms with Gasteiger partial charge in [0.25, 0.3) is 0 Å². The molecule has 1 amide bonds. The number of hydrogen-bond acceptors (Lipinski definition) is 3. The Morgan fingerprint density at radius 3 is 2.03 bits per heavy atom. The van der Waals surface area contributed by atoms with Crippen LogP contribution in [0.2, 0.25) is 0 Å². The predicted octanol–water partition coefficient (Wildman–Crippen LogP) is 4.89. The van der Waals surface area contributed by atoms with E-state index >= 15 is 0 Å². The fraction of sp³-hybridized carbons (Fsp3) is 0.200. The molecule has 2 N–H and O–H groups in total. The summed E-state index contributed by atoms with van der Waals surface area (Å²) >= 11 is 0. The van der Waals surface area contributed by atoms with Crippen molar-refractivity contribution in [2.24, 2.45) is 0 Å². The van der Waals surface area contributed by atoms with Gasteiger partial charge in [0, 0.05) is 18.4 Å². The number of carbonyl (C=O) groups excluding carboxylic acids is 1. The summed E-state index contributed by atoms with van der Waals surface area (Å²) in [6.45, 7) is 1.28. The Morgan fingerprint density at radius 2 is 1.50 bits per heavy atom. The van der Waals surface area contributed by atoms with E-state index in [1.54, 1.807) is 0 Å². The zero-order valence-electron chi connectivity index (χ0n) is 17.3. The number of benzene rings is 3. The molecule has 4 rings (SSSR count). The van der Waals surface area contributed by atoms with Gasteiger partial charge in [0.05, 0.1) is 0 Å². The Kier molecular flexibility index (Phi) is 5.65. The molecule has 0 radical (unpaired) electrons. The second kappa shape index (κ2) is 8.42. The summed E-state index contributed by atoms with van der Waals surface area (Å²) in [6.07, 6.45) is -1.24. The molecule has 1 atom stereocenters. The Hall–Kier alpha value is -3.74. The molecule has 0 saturated carbocycles. The van der Waals surface area contributed by atoms with Gasteiger partial charge in [-0.05, 0) is 46.9 Å². The molecule has 5 nitrogen and oxygen atoms in total. The standard InChI is InChI=1S/C25H21F2NO4/c1-25(23(29)30,13-15-10-16(26)12-17(27)11-15)28-24(31)32-14-22-20-8-4-2-6-18(20)19-7-3-5-9-21(19)22/h2-12,22H,13-14H2,1H3,(H,28,31)(H,29,30). The third-order valence-electron chi connectivity index (χ3n) is 5.67. The maximum absolute atomic E-state index is 13.5. The highest BCUT2D eigenvalue weighted by molar-refractivity contribution is 5.84. The first-order valence-electron chi connectivity index (χ1n) is 10.1. The van der Waals surface area contributed by atoms with Crippen LogP contribution < -0.4 is 5.32 Å². The minimum Gasteiger partial charge on any atom is -0.480 e. The molecule has 0 bridgehead atoms. The van der Waals surface area contributed by atoms with E-state index in [0.29, 0.717) is 6.07 Å². The van der Waals surface area contributed by atoms with E-state index in [4.69, 9.17) is 4.74 Å². The van der Waals surface area contributed by atoms with Crippen molar-refractivity contribution in [3.8, 4) is 11.1 Å². The molecule has 3 aromatic carbocycles. The average Bonchev–Trinajstić information content (AvgIpc) is 3.05. The van der Waals surface area contributed by atoms with Crippen LogP contribution in [-0.2, 0) is 16.0 Å². The quantitative estimate of drug-likeness (QED) is 0.576. The Labute approximate surface area is 183 Å². The molecule has 1 aliphatic rings. The van der Waals surface area contributed by atoms with Crippen LogP contribution in [0.4, 0.5) is 13.6 Å². The molecular formula is C25H21F2NO4. The zero-order chi connectivity index (χ0) is 22.9. The van der Waals surface area contributed by atoms with Crippen molar-refractivity contribution in [2.45, 2.75) is 24.8 Å². The van der Waals surface area contributed by atoms with E-state index in [1.807, 2.05) is 48.5 Å². The molecule has 0 heterocycles. The van der Waals surface area contributed by atoms with Crippen LogP contribution in [0, 0.1) is 11.6 Å². The third kappa shape index (κ3) is 4.19. The number of carbonyl (C=O) groups is 2. The largest absolute Gasteiger partial charge is 0.480 e. The summed E-state index contributed by atoms with van der Waals surface area (Å²) in [6, 6.07) is 18.4. The molecule has 0 fully saturated rings. The van der Waals surface area contributed by atoms with Crippen LogP contribution in [-0.4, -0.2) is 29.3 Å². The molecule has 3 aromatic rings. The number of hydrogen-bond donors (Lipinski definition) is 2. The summed E-state index contributed by atoms with van der Waals surface area (Å²) in [5, 5.41) is 12.0. The lowest BCUT2D eigenvalue weighted by Crippen LogP contribution is -2.54. The first-order chi connectivity index (χ1) is 15.3. The van der Waals surface area contributed by atoms with Gasteiger partial charge in [-0.2, -0.15) is 0 Å². The van der Waals surface area contributed by atoms with Crippen molar-refractivity contribution in [1.82, 2.24) is 5.32 Å². The summed E-state index contributed by atoms with van der Waals surface area (Å²) in [4.78, 5) is 24.4. The maximum atomic E-state index is 13.5. The number of aliphatic carboxylic acids is 1. The van der Waals surface area contributed by atoms with Crippen molar-refractivity contribution in [3.05, 3.63) is 95.1 Å². The van der Waals surface area contributed by atoms with Gasteiger partial charge < -0.3 is 15.2 Å². The molecule has 164 valence electrons. The topological polar surface area (TPSA) is 75.6 Å². The molecule has 0 saturated heterocycles. The SMILES string of the molecule is CC(Cc1cc(F)cc(F)c1)(NC(=O)OCC1c2ccccc2-c2ccccc21)C(=O)O. The van der Waals surface area contributed by atoms with Gasteiger partial charge in [0.1, 0.15) is 23.8 Å². The lowest BCUT2D eigenvalue weighted by atomic mass is 9.93. The molecule has 0 spiro atoms. The van der Waals surface area contributed by atoms with Crippen LogP contribution in [0.1, 0.15) is 29.5 Å². The summed E-state index contributed by atoms with van der Waals surface area (Å²) in [5.41, 5.74) is 2.48. The molecule has 32 heavy (non-hydrogen) atoms. The van der Waals surface area contributed by atoms with Crippen LogP contribution in [0.3, 0.4) is 0 Å². The number of carboxylic acids is 1. The maximum Gasteiger partial charge on any atom is 0.408 e. The third-order valence-corrected chi connectivity index (χ3v) is 5.67. The number of carboxylic acid groups (broad SMARTS) is 1. The van der Waals surface area contributed by atoms with E-state index in [9.17, 15) is 23.5 Å². The number of halogens is 2. The molecule has 0 aromatic heterocycles. The first-order valence-corrected chi connectivity index (χ1v) is 10.1. The predicted molar refractivity (Wildman–Crippen MR) is 114 cm³/mol. The fourth-order valence-electron chi connectivity index (χ4n) is 4.15. The van der Waals surface area contributed by atoms with Crippen LogP contribution in [0.15, 0.2) is 66.7 Å². The van der Waals surface area contributed by atoms with Crippen LogP contribution >= 0.6 is 0 Å². The van der Waals surface area contributed by atoms with E-state index < -0.39 is 29.2 Å². The minimum atomic E-state index is -1.82. The second-order valence-electron chi connectivity index (χ2n) is 8.04. The molecule has 1 unspecified atom stereocenters. The van der Waals surface area contributed by atoms with E-state index in [1.165, 1.54) is 6.92 Å². The van der Waals surface area contributed by atoms with E-state index in [0.717, 1.165) is 34.4 Å². The number of amides is 1. The number of fused-ring (bicyclic) bond motifs is 3. The van der Waals surface area contributed by atoms with Crippen LogP contribution in [0.25, 0.3) is 11.1 Å². The van der Waals surface area contributed by atoms with Crippen molar-refractivity contribution >= 4 is 12.1 Å². The fourth-order valence-corrected chi connectivity index (χ4v) is 4.15. The first kappa shape index (κ1) is 21.5.